The average molecular weight is 298 g/mol. The second-order valence-electron chi connectivity index (χ2n) is 4.96. The number of rotatable bonds is 4. The molecule has 0 aliphatic heterocycles. The summed E-state index contributed by atoms with van der Waals surface area (Å²) in [6, 6.07) is 5.42. The van der Waals surface area contributed by atoms with Gasteiger partial charge in [0.2, 0.25) is 5.56 Å². The van der Waals surface area contributed by atoms with Crippen molar-refractivity contribution in [2.75, 3.05) is 5.32 Å². The van der Waals surface area contributed by atoms with Crippen molar-refractivity contribution < 1.29 is 13.2 Å². The fourth-order valence-electron chi connectivity index (χ4n) is 2.31. The van der Waals surface area contributed by atoms with Gasteiger partial charge in [-0.2, -0.15) is 13.2 Å². The first-order chi connectivity index (χ1) is 9.85. The third kappa shape index (κ3) is 3.37. The second kappa shape index (κ2) is 5.79. The summed E-state index contributed by atoms with van der Waals surface area (Å²) in [5, 5.41) is 3.20. The maximum absolute atomic E-state index is 13.1. The second-order valence-corrected chi connectivity index (χ2v) is 4.96. The number of nitrogens with one attached hydrogen (secondary N) is 2. The summed E-state index contributed by atoms with van der Waals surface area (Å²) < 4.78 is 39.2. The van der Waals surface area contributed by atoms with Crippen molar-refractivity contribution >= 4 is 16.6 Å². The van der Waals surface area contributed by atoms with Crippen LogP contribution >= 0.6 is 0 Å². The molecular formula is C15H17F3N2O. The molecule has 0 unspecified atom stereocenters. The van der Waals surface area contributed by atoms with E-state index in [9.17, 15) is 18.0 Å². The van der Waals surface area contributed by atoms with Gasteiger partial charge >= 0.3 is 6.18 Å². The Labute approximate surface area is 120 Å². The molecule has 21 heavy (non-hydrogen) atoms. The van der Waals surface area contributed by atoms with Gasteiger partial charge in [-0.05, 0) is 31.0 Å². The van der Waals surface area contributed by atoms with Crippen molar-refractivity contribution in [3.8, 4) is 0 Å². The van der Waals surface area contributed by atoms with Gasteiger partial charge in [0, 0.05) is 28.7 Å². The maximum Gasteiger partial charge on any atom is 0.417 e. The summed E-state index contributed by atoms with van der Waals surface area (Å²) in [4.78, 5) is 13.8. The SMILES string of the molecule is CCC(CC)Nc1ccc2[nH]c(=O)cc(C(F)(F)F)c2c1. The number of fused-ring (bicyclic) bond motifs is 1. The highest BCUT2D eigenvalue weighted by Crippen LogP contribution is 2.34. The van der Waals surface area contributed by atoms with E-state index in [0.29, 0.717) is 11.8 Å². The molecule has 0 aliphatic carbocycles. The van der Waals surface area contributed by atoms with Gasteiger partial charge in [0.05, 0.1) is 5.56 Å². The molecule has 0 aliphatic rings. The van der Waals surface area contributed by atoms with Crippen LogP contribution in [0.4, 0.5) is 18.9 Å². The van der Waals surface area contributed by atoms with Gasteiger partial charge in [-0.3, -0.25) is 4.79 Å². The Hall–Kier alpha value is -1.98. The number of pyridine rings is 1. The van der Waals surface area contributed by atoms with Crippen LogP contribution in [0, 0.1) is 0 Å². The minimum absolute atomic E-state index is 0.00180. The Morgan fingerprint density at radius 2 is 1.86 bits per heavy atom. The van der Waals surface area contributed by atoms with E-state index in [1.165, 1.54) is 12.1 Å². The van der Waals surface area contributed by atoms with Gasteiger partial charge in [-0.15, -0.1) is 0 Å². The van der Waals surface area contributed by atoms with Crippen molar-refractivity contribution in [3.63, 3.8) is 0 Å². The van der Waals surface area contributed by atoms with Crippen molar-refractivity contribution in [2.45, 2.75) is 38.9 Å². The number of hydrogen-bond donors (Lipinski definition) is 2. The lowest BCUT2D eigenvalue weighted by Crippen LogP contribution is -2.17. The van der Waals surface area contributed by atoms with Gasteiger partial charge < -0.3 is 10.3 Å². The third-order valence-corrected chi connectivity index (χ3v) is 3.50. The largest absolute Gasteiger partial charge is 0.417 e. The zero-order valence-corrected chi connectivity index (χ0v) is 11.8. The van der Waals surface area contributed by atoms with Gasteiger partial charge in [0.25, 0.3) is 0 Å². The summed E-state index contributed by atoms with van der Waals surface area (Å²) in [6.45, 7) is 4.03. The number of H-pyrrole nitrogens is 1. The molecule has 0 atom stereocenters. The van der Waals surface area contributed by atoms with Crippen LogP contribution in [0.3, 0.4) is 0 Å². The Balaban J connectivity index is 2.55. The summed E-state index contributed by atoms with van der Waals surface area (Å²) in [6.07, 6.45) is -2.79. The maximum atomic E-state index is 13.1. The zero-order chi connectivity index (χ0) is 15.6. The van der Waals surface area contributed by atoms with Crippen LogP contribution in [0.5, 0.6) is 0 Å². The molecule has 0 fully saturated rings. The van der Waals surface area contributed by atoms with Crippen LogP contribution in [0.25, 0.3) is 10.9 Å². The molecule has 2 aromatic rings. The summed E-state index contributed by atoms with van der Waals surface area (Å²) in [5.74, 6) is 0. The normalized spacial score (nSPS) is 12.1. The first kappa shape index (κ1) is 15.4. The van der Waals surface area contributed by atoms with Crippen LogP contribution < -0.4 is 10.9 Å². The Bertz CT molecular complexity index is 687. The smallest absolute Gasteiger partial charge is 0.382 e. The summed E-state index contributed by atoms with van der Waals surface area (Å²) in [5.41, 5.74) is -0.858. The van der Waals surface area contributed by atoms with Gasteiger partial charge in [0.1, 0.15) is 0 Å². The van der Waals surface area contributed by atoms with Crippen LogP contribution in [-0.2, 0) is 6.18 Å². The van der Waals surface area contributed by atoms with E-state index in [1.807, 2.05) is 13.8 Å². The van der Waals surface area contributed by atoms with Gasteiger partial charge in [-0.1, -0.05) is 13.8 Å². The highest BCUT2D eigenvalue weighted by atomic mass is 19.4. The standard InChI is InChI=1S/C15H17F3N2O/c1-3-9(4-2)19-10-5-6-13-11(7-10)12(15(16,17)18)8-14(21)20-13/h5-9,19H,3-4H2,1-2H3,(H,20,21). The predicted molar refractivity (Wildman–Crippen MR) is 77.6 cm³/mol. The third-order valence-electron chi connectivity index (χ3n) is 3.50. The van der Waals surface area contributed by atoms with Crippen molar-refractivity contribution in [1.82, 2.24) is 4.98 Å². The molecule has 0 amide bonds. The predicted octanol–water partition coefficient (Wildman–Crippen LogP) is 4.15. The van der Waals surface area contributed by atoms with Crippen LogP contribution in [0.15, 0.2) is 29.1 Å². The molecule has 6 heteroatoms. The number of hydrogen-bond acceptors (Lipinski definition) is 2. The Morgan fingerprint density at radius 1 is 1.19 bits per heavy atom. The van der Waals surface area contributed by atoms with E-state index in [-0.39, 0.29) is 16.9 Å². The van der Waals surface area contributed by atoms with Gasteiger partial charge in [-0.25, -0.2) is 0 Å². The number of alkyl halides is 3. The molecule has 114 valence electrons. The first-order valence-corrected chi connectivity index (χ1v) is 6.86. The van der Waals surface area contributed by atoms with Crippen LogP contribution in [-0.4, -0.2) is 11.0 Å². The van der Waals surface area contributed by atoms with Gasteiger partial charge in [0.15, 0.2) is 0 Å². The number of anilines is 1. The lowest BCUT2D eigenvalue weighted by atomic mass is 10.1. The van der Waals surface area contributed by atoms with Crippen molar-refractivity contribution in [3.05, 3.63) is 40.2 Å². The number of aromatic amines is 1. The quantitative estimate of drug-likeness (QED) is 0.890. The van der Waals surface area contributed by atoms with Crippen molar-refractivity contribution in [2.24, 2.45) is 0 Å². The fraction of sp³-hybridized carbons (Fsp3) is 0.400. The first-order valence-electron chi connectivity index (χ1n) is 6.86. The van der Waals surface area contributed by atoms with E-state index in [0.717, 1.165) is 12.8 Å². The summed E-state index contributed by atoms with van der Waals surface area (Å²) in [7, 11) is 0. The number of benzene rings is 1. The molecule has 0 saturated carbocycles. The molecule has 2 rings (SSSR count). The molecule has 1 heterocycles. The molecule has 1 aromatic carbocycles. The zero-order valence-electron chi connectivity index (χ0n) is 11.8. The van der Waals surface area contributed by atoms with Crippen molar-refractivity contribution in [1.29, 1.82) is 0 Å². The molecule has 1 aromatic heterocycles. The molecular weight excluding hydrogens is 281 g/mol. The van der Waals surface area contributed by atoms with E-state index >= 15 is 0 Å². The number of aromatic nitrogens is 1. The van der Waals surface area contributed by atoms with E-state index in [2.05, 4.69) is 10.3 Å². The molecule has 0 saturated heterocycles. The number of halogens is 3. The topological polar surface area (TPSA) is 44.9 Å². The van der Waals surface area contributed by atoms with E-state index in [4.69, 9.17) is 0 Å². The van der Waals surface area contributed by atoms with E-state index < -0.39 is 17.3 Å². The molecule has 0 bridgehead atoms. The highest BCUT2D eigenvalue weighted by molar-refractivity contribution is 5.85. The molecule has 3 nitrogen and oxygen atoms in total. The minimum Gasteiger partial charge on any atom is -0.382 e. The molecule has 0 radical (unpaired) electrons. The lowest BCUT2D eigenvalue weighted by Gasteiger charge is -2.17. The molecule has 0 spiro atoms. The van der Waals surface area contributed by atoms with Crippen LogP contribution in [0.2, 0.25) is 0 Å². The molecule has 2 N–H and O–H groups in total. The fourth-order valence-corrected chi connectivity index (χ4v) is 2.31. The average Bonchev–Trinajstić information content (AvgIpc) is 2.43. The Morgan fingerprint density at radius 3 is 2.43 bits per heavy atom. The lowest BCUT2D eigenvalue weighted by molar-refractivity contribution is -0.136. The monoisotopic (exact) mass is 298 g/mol. The minimum atomic E-state index is -4.56. The summed E-state index contributed by atoms with van der Waals surface area (Å²) >= 11 is 0. The highest BCUT2D eigenvalue weighted by Gasteiger charge is 2.33. The van der Waals surface area contributed by atoms with Crippen LogP contribution in [0.1, 0.15) is 32.3 Å². The van der Waals surface area contributed by atoms with E-state index in [1.54, 1.807) is 6.07 Å². The Kier molecular flexibility index (Phi) is 4.25.